The first kappa shape index (κ1) is 18.3. The highest BCUT2D eigenvalue weighted by atomic mass is 32.2. The summed E-state index contributed by atoms with van der Waals surface area (Å²) in [6.45, 7) is 3.02. The highest BCUT2D eigenvalue weighted by Crippen LogP contribution is 2.48. The summed E-state index contributed by atoms with van der Waals surface area (Å²) in [6.07, 6.45) is 6.13. The molecule has 2 aliphatic rings. The first-order valence-electron chi connectivity index (χ1n) is 9.32. The first-order chi connectivity index (χ1) is 13.0. The lowest BCUT2D eigenvalue weighted by Crippen LogP contribution is -2.37. The molecule has 0 spiro atoms. The van der Waals surface area contributed by atoms with Crippen molar-refractivity contribution < 1.29 is 13.2 Å². The second kappa shape index (κ2) is 6.80. The molecule has 0 radical (unpaired) electrons. The number of rotatable bonds is 4. The van der Waals surface area contributed by atoms with Gasteiger partial charge in [-0.15, -0.1) is 0 Å². The van der Waals surface area contributed by atoms with Gasteiger partial charge in [0.15, 0.2) is 0 Å². The van der Waals surface area contributed by atoms with E-state index in [0.29, 0.717) is 18.0 Å². The molecule has 2 aromatic carbocycles. The lowest BCUT2D eigenvalue weighted by Gasteiger charge is -2.36. The Kier molecular flexibility index (Phi) is 4.60. The van der Waals surface area contributed by atoms with Crippen LogP contribution in [0.1, 0.15) is 24.0 Å². The molecule has 5 heteroatoms. The number of ether oxygens (including phenoxy) is 1. The van der Waals surface area contributed by atoms with Crippen LogP contribution in [0.25, 0.3) is 0 Å². The van der Waals surface area contributed by atoms with Gasteiger partial charge in [0.05, 0.1) is 12.0 Å². The fourth-order valence-corrected chi connectivity index (χ4v) is 5.99. The Morgan fingerprint density at radius 2 is 1.89 bits per heavy atom. The summed E-state index contributed by atoms with van der Waals surface area (Å²) in [6, 6.07) is 15.2. The summed E-state index contributed by atoms with van der Waals surface area (Å²) in [7, 11) is -1.84. The van der Waals surface area contributed by atoms with Gasteiger partial charge in [-0.25, -0.2) is 8.42 Å². The van der Waals surface area contributed by atoms with Crippen molar-refractivity contribution in [3.05, 3.63) is 71.8 Å². The summed E-state index contributed by atoms with van der Waals surface area (Å²) in [5.41, 5.74) is 2.03. The van der Waals surface area contributed by atoms with Crippen LogP contribution in [0.5, 0.6) is 5.75 Å². The van der Waals surface area contributed by atoms with Crippen molar-refractivity contribution in [2.75, 3.05) is 20.2 Å². The number of benzene rings is 2. The van der Waals surface area contributed by atoms with E-state index in [2.05, 4.69) is 24.3 Å². The van der Waals surface area contributed by atoms with Crippen LogP contribution in [0.2, 0.25) is 0 Å². The molecule has 27 heavy (non-hydrogen) atoms. The monoisotopic (exact) mass is 383 g/mol. The number of fused-ring (bicyclic) bond motifs is 1. The van der Waals surface area contributed by atoms with Crippen molar-refractivity contribution in [3.63, 3.8) is 0 Å². The van der Waals surface area contributed by atoms with Crippen LogP contribution in [-0.2, 0) is 15.4 Å². The third-order valence-electron chi connectivity index (χ3n) is 6.04. The Morgan fingerprint density at radius 3 is 2.63 bits per heavy atom. The van der Waals surface area contributed by atoms with Gasteiger partial charge in [-0.3, -0.25) is 0 Å². The fourth-order valence-electron chi connectivity index (χ4n) is 4.43. The summed E-state index contributed by atoms with van der Waals surface area (Å²) in [5, 5.41) is 0. The number of methoxy groups -OCH3 is 1. The van der Waals surface area contributed by atoms with Gasteiger partial charge in [0.2, 0.25) is 10.0 Å². The quantitative estimate of drug-likeness (QED) is 0.752. The molecule has 0 saturated carbocycles. The Hall–Kier alpha value is -2.11. The van der Waals surface area contributed by atoms with Gasteiger partial charge in [-0.05, 0) is 55.5 Å². The summed E-state index contributed by atoms with van der Waals surface area (Å²) in [4.78, 5) is 0.375. The molecule has 2 aromatic rings. The van der Waals surface area contributed by atoms with Gasteiger partial charge < -0.3 is 4.74 Å². The van der Waals surface area contributed by atoms with E-state index >= 15 is 0 Å². The number of allylic oxidation sites excluding steroid dienone is 2. The lowest BCUT2D eigenvalue weighted by atomic mass is 9.67. The molecule has 1 heterocycles. The molecular formula is C22H25NO3S. The van der Waals surface area contributed by atoms with E-state index in [4.69, 9.17) is 4.74 Å². The molecule has 0 aromatic heterocycles. The molecule has 4 nitrogen and oxygen atoms in total. The molecule has 0 bridgehead atoms. The van der Waals surface area contributed by atoms with Crippen molar-refractivity contribution in [3.8, 4) is 5.75 Å². The molecule has 2 atom stereocenters. The van der Waals surface area contributed by atoms with E-state index in [1.807, 2.05) is 31.2 Å². The van der Waals surface area contributed by atoms with Crippen molar-refractivity contribution in [1.82, 2.24) is 4.31 Å². The molecule has 1 aliphatic heterocycles. The van der Waals surface area contributed by atoms with E-state index in [-0.39, 0.29) is 11.3 Å². The number of nitrogens with zero attached hydrogens (tertiary/aromatic N) is 1. The van der Waals surface area contributed by atoms with Crippen LogP contribution in [0.15, 0.2) is 65.6 Å². The van der Waals surface area contributed by atoms with Gasteiger partial charge in [-0.1, -0.05) is 42.0 Å². The predicted octanol–water partition coefficient (Wildman–Crippen LogP) is 3.91. The molecule has 1 fully saturated rings. The number of aryl methyl sites for hydroxylation is 1. The Bertz CT molecular complexity index is 965. The van der Waals surface area contributed by atoms with E-state index < -0.39 is 10.0 Å². The fraction of sp³-hybridized carbons (Fsp3) is 0.364. The summed E-state index contributed by atoms with van der Waals surface area (Å²) >= 11 is 0. The molecule has 0 N–H and O–H groups in total. The lowest BCUT2D eigenvalue weighted by molar-refractivity contribution is 0.329. The number of sulfonamides is 1. The minimum absolute atomic E-state index is 0.193. The maximum Gasteiger partial charge on any atom is 0.243 e. The smallest absolute Gasteiger partial charge is 0.243 e. The number of hydrogen-bond donors (Lipinski definition) is 0. The third-order valence-corrected chi connectivity index (χ3v) is 7.86. The molecule has 0 amide bonds. The van der Waals surface area contributed by atoms with E-state index in [9.17, 15) is 8.42 Å². The maximum atomic E-state index is 13.3. The zero-order chi connectivity index (χ0) is 19.1. The van der Waals surface area contributed by atoms with Crippen LogP contribution < -0.4 is 4.74 Å². The molecule has 1 aliphatic carbocycles. The molecule has 1 saturated heterocycles. The Morgan fingerprint density at radius 1 is 1.11 bits per heavy atom. The van der Waals surface area contributed by atoms with Crippen LogP contribution in [0.3, 0.4) is 0 Å². The Balaban J connectivity index is 1.72. The van der Waals surface area contributed by atoms with Gasteiger partial charge in [0.1, 0.15) is 5.75 Å². The van der Waals surface area contributed by atoms with E-state index in [1.165, 1.54) is 0 Å². The zero-order valence-electron chi connectivity index (χ0n) is 15.8. The van der Waals surface area contributed by atoms with Crippen molar-refractivity contribution in [2.24, 2.45) is 5.92 Å². The normalized spacial score (nSPS) is 25.3. The topological polar surface area (TPSA) is 46.6 Å². The van der Waals surface area contributed by atoms with Gasteiger partial charge in [0, 0.05) is 18.5 Å². The average Bonchev–Trinajstić information content (AvgIpc) is 3.10. The van der Waals surface area contributed by atoms with Crippen molar-refractivity contribution in [1.29, 1.82) is 0 Å². The molecule has 4 rings (SSSR count). The third kappa shape index (κ3) is 3.09. The highest BCUT2D eigenvalue weighted by molar-refractivity contribution is 7.89. The second-order valence-corrected chi connectivity index (χ2v) is 9.54. The van der Waals surface area contributed by atoms with Gasteiger partial charge in [-0.2, -0.15) is 4.31 Å². The van der Waals surface area contributed by atoms with Gasteiger partial charge in [0.25, 0.3) is 0 Å². The zero-order valence-corrected chi connectivity index (χ0v) is 16.6. The van der Waals surface area contributed by atoms with Gasteiger partial charge >= 0.3 is 0 Å². The van der Waals surface area contributed by atoms with Crippen molar-refractivity contribution in [2.45, 2.75) is 30.1 Å². The van der Waals surface area contributed by atoms with Crippen LogP contribution in [0, 0.1) is 12.8 Å². The average molecular weight is 384 g/mol. The van der Waals surface area contributed by atoms with E-state index in [1.54, 1.807) is 23.5 Å². The second-order valence-electron chi connectivity index (χ2n) is 7.61. The van der Waals surface area contributed by atoms with E-state index in [0.717, 1.165) is 29.7 Å². The standard InChI is InChI=1S/C22H25NO3S/c1-17-9-11-21(12-10-17)27(24,25)23-15-19-6-3-4-13-22(19,16-23)18-7-5-8-20(14-18)26-2/h3-5,7-12,14,19H,6,13,15-16H2,1-2H3/t19-,22-/m1/s1. The first-order valence-corrected chi connectivity index (χ1v) is 10.8. The van der Waals surface area contributed by atoms with Crippen LogP contribution in [-0.4, -0.2) is 32.9 Å². The molecule has 0 unspecified atom stereocenters. The van der Waals surface area contributed by atoms with Crippen LogP contribution in [0.4, 0.5) is 0 Å². The SMILES string of the molecule is COc1cccc([C@]23CC=CC[C@@H]2CN(S(=O)(=O)c2ccc(C)cc2)C3)c1. The molecular weight excluding hydrogens is 358 g/mol. The summed E-state index contributed by atoms with van der Waals surface area (Å²) < 4.78 is 33.6. The Labute approximate surface area is 161 Å². The predicted molar refractivity (Wildman–Crippen MR) is 106 cm³/mol. The largest absolute Gasteiger partial charge is 0.497 e. The summed E-state index contributed by atoms with van der Waals surface area (Å²) in [5.74, 6) is 1.09. The maximum absolute atomic E-state index is 13.3. The highest BCUT2D eigenvalue weighted by Gasteiger charge is 2.51. The van der Waals surface area contributed by atoms with Crippen molar-refractivity contribution >= 4 is 10.0 Å². The molecule has 142 valence electrons. The number of hydrogen-bond acceptors (Lipinski definition) is 3. The van der Waals surface area contributed by atoms with Crippen LogP contribution >= 0.6 is 0 Å². The minimum atomic E-state index is -3.50. The minimum Gasteiger partial charge on any atom is -0.497 e.